The molecular formula is C32H38N4O5S. The lowest BCUT2D eigenvalue weighted by molar-refractivity contribution is -0.119. The topological polar surface area (TPSA) is 122 Å². The van der Waals surface area contributed by atoms with Gasteiger partial charge >= 0.3 is 0 Å². The van der Waals surface area contributed by atoms with Crippen LogP contribution in [0.15, 0.2) is 77.7 Å². The van der Waals surface area contributed by atoms with Crippen LogP contribution in [-0.4, -0.2) is 57.4 Å². The molecule has 0 spiro atoms. The lowest BCUT2D eigenvalue weighted by Crippen LogP contribution is -2.50. The van der Waals surface area contributed by atoms with Crippen LogP contribution in [0.25, 0.3) is 0 Å². The monoisotopic (exact) mass is 590 g/mol. The molecule has 2 aliphatic rings. The summed E-state index contributed by atoms with van der Waals surface area (Å²) in [7, 11) is -3.54. The normalized spacial score (nSPS) is 15.9. The highest BCUT2D eigenvalue weighted by Gasteiger charge is 2.33. The van der Waals surface area contributed by atoms with Crippen molar-refractivity contribution < 1.29 is 22.7 Å². The number of nitrogens with one attached hydrogen (secondary N) is 1. The second kappa shape index (κ2) is 13.4. The van der Waals surface area contributed by atoms with Crippen LogP contribution in [-0.2, 0) is 21.2 Å². The highest BCUT2D eigenvalue weighted by Crippen LogP contribution is 2.32. The van der Waals surface area contributed by atoms with Gasteiger partial charge in [-0.05, 0) is 98.7 Å². The van der Waals surface area contributed by atoms with Crippen molar-refractivity contribution in [3.05, 3.63) is 83.9 Å². The number of ether oxygens (including phenoxy) is 1. The number of sulfonamides is 1. The third-order valence-corrected chi connectivity index (χ3v) is 9.40. The first-order chi connectivity index (χ1) is 20.3. The van der Waals surface area contributed by atoms with E-state index < -0.39 is 10.0 Å². The molecule has 2 amide bonds. The molecule has 9 nitrogen and oxygen atoms in total. The maximum absolute atomic E-state index is 13.1. The number of nitrogens with zero attached hydrogens (tertiary/aromatic N) is 2. The predicted molar refractivity (Wildman–Crippen MR) is 163 cm³/mol. The third kappa shape index (κ3) is 7.11. The molecule has 1 saturated heterocycles. The number of nitrogen functional groups attached to an aromatic ring is 1. The predicted octanol–water partition coefficient (Wildman–Crippen LogP) is 4.38. The Morgan fingerprint density at radius 2 is 1.62 bits per heavy atom. The number of carbonyl (C=O) groups is 2. The maximum Gasteiger partial charge on any atom is 0.253 e. The smallest absolute Gasteiger partial charge is 0.253 e. The Kier molecular flexibility index (Phi) is 9.44. The molecule has 0 bridgehead atoms. The number of benzene rings is 3. The fraction of sp³-hybridized carbons (Fsp3) is 0.375. The van der Waals surface area contributed by atoms with Crippen molar-refractivity contribution in [2.24, 2.45) is 0 Å². The van der Waals surface area contributed by atoms with Gasteiger partial charge in [-0.3, -0.25) is 9.59 Å². The molecule has 0 saturated carbocycles. The first kappa shape index (κ1) is 29.6. The van der Waals surface area contributed by atoms with E-state index in [0.717, 1.165) is 37.8 Å². The number of rotatable bonds is 11. The average molecular weight is 591 g/mol. The summed E-state index contributed by atoms with van der Waals surface area (Å²) < 4.78 is 33.0. The standard InChI is InChI=1S/C32H38N4O5S/c33-26-11-15-29(16-12-26)42(39,40)34-20-4-1-5-23-41-28-13-8-25(9-14-28)32(38)35-21-18-27(19-22-35)36-30-7-3-2-6-24(30)10-17-31(36)37/h2-3,6-9,11-16,27,34H,1,4-5,10,17-23,33H2. The van der Waals surface area contributed by atoms with Gasteiger partial charge in [0.05, 0.1) is 11.5 Å². The summed E-state index contributed by atoms with van der Waals surface area (Å²) >= 11 is 0. The molecule has 3 aromatic rings. The third-order valence-electron chi connectivity index (χ3n) is 7.92. The molecule has 3 aromatic carbocycles. The number of anilines is 2. The number of hydrogen-bond donors (Lipinski definition) is 2. The van der Waals surface area contributed by atoms with Gasteiger partial charge in [-0.2, -0.15) is 0 Å². The summed E-state index contributed by atoms with van der Waals surface area (Å²) in [4.78, 5) is 29.9. The van der Waals surface area contributed by atoms with Crippen LogP contribution in [0.2, 0.25) is 0 Å². The van der Waals surface area contributed by atoms with Crippen LogP contribution in [0.5, 0.6) is 5.75 Å². The minimum absolute atomic E-state index is 0.00760. The Morgan fingerprint density at radius 1 is 0.905 bits per heavy atom. The molecule has 0 unspecified atom stereocenters. The highest BCUT2D eigenvalue weighted by atomic mass is 32.2. The van der Waals surface area contributed by atoms with Crippen LogP contribution in [0.3, 0.4) is 0 Å². The second-order valence-electron chi connectivity index (χ2n) is 10.8. The van der Waals surface area contributed by atoms with E-state index in [9.17, 15) is 18.0 Å². The molecule has 3 N–H and O–H groups in total. The number of aryl methyl sites for hydroxylation is 1. The molecule has 42 heavy (non-hydrogen) atoms. The van der Waals surface area contributed by atoms with E-state index in [2.05, 4.69) is 10.8 Å². The highest BCUT2D eigenvalue weighted by molar-refractivity contribution is 7.89. The van der Waals surface area contributed by atoms with Crippen LogP contribution in [0.4, 0.5) is 11.4 Å². The Labute approximate surface area is 247 Å². The van der Waals surface area contributed by atoms with E-state index >= 15 is 0 Å². The van der Waals surface area contributed by atoms with Crippen molar-refractivity contribution in [3.63, 3.8) is 0 Å². The summed E-state index contributed by atoms with van der Waals surface area (Å²) in [6.07, 6.45) is 5.14. The summed E-state index contributed by atoms with van der Waals surface area (Å²) in [6, 6.07) is 21.6. The number of likely N-dealkylation sites (tertiary alicyclic amines) is 1. The van der Waals surface area contributed by atoms with E-state index in [-0.39, 0.29) is 22.8 Å². The lowest BCUT2D eigenvalue weighted by atomic mass is 9.95. The Balaban J connectivity index is 1.01. The van der Waals surface area contributed by atoms with Crippen molar-refractivity contribution >= 4 is 33.2 Å². The molecule has 0 aromatic heterocycles. The number of unbranched alkanes of at least 4 members (excludes halogenated alkanes) is 2. The molecule has 1 fully saturated rings. The first-order valence-corrected chi connectivity index (χ1v) is 16.1. The zero-order valence-corrected chi connectivity index (χ0v) is 24.5. The van der Waals surface area contributed by atoms with Gasteiger partial charge in [0, 0.05) is 49.0 Å². The van der Waals surface area contributed by atoms with Gasteiger partial charge in [0.2, 0.25) is 15.9 Å². The number of amides is 2. The van der Waals surface area contributed by atoms with Crippen LogP contribution >= 0.6 is 0 Å². The molecule has 0 atom stereocenters. The number of para-hydroxylation sites is 1. The molecule has 0 aliphatic carbocycles. The van der Waals surface area contributed by atoms with Crippen LogP contribution in [0.1, 0.15) is 54.4 Å². The SMILES string of the molecule is Nc1ccc(S(=O)(=O)NCCCCCOc2ccc(C(=O)N3CCC(N4C(=O)CCc5ccccc54)CC3)cc2)cc1. The molecular weight excluding hydrogens is 552 g/mol. The van der Waals surface area contributed by atoms with Gasteiger partial charge in [-0.1, -0.05) is 18.2 Å². The summed E-state index contributed by atoms with van der Waals surface area (Å²) in [5.41, 5.74) is 9.00. The quantitative estimate of drug-likeness (QED) is 0.253. The maximum atomic E-state index is 13.1. The number of carbonyl (C=O) groups excluding carboxylic acids is 2. The van der Waals surface area contributed by atoms with Gasteiger partial charge in [-0.25, -0.2) is 13.1 Å². The van der Waals surface area contributed by atoms with Crippen molar-refractivity contribution in [2.45, 2.75) is 55.9 Å². The fourth-order valence-electron chi connectivity index (χ4n) is 5.59. The van der Waals surface area contributed by atoms with Crippen LogP contribution in [0, 0.1) is 0 Å². The number of nitrogens with two attached hydrogens (primary N) is 1. The summed E-state index contributed by atoms with van der Waals surface area (Å²) in [5, 5.41) is 0. The number of hydrogen-bond acceptors (Lipinski definition) is 6. The average Bonchev–Trinajstić information content (AvgIpc) is 3.01. The van der Waals surface area contributed by atoms with E-state index in [1.807, 2.05) is 40.1 Å². The minimum atomic E-state index is -3.54. The van der Waals surface area contributed by atoms with Crippen LogP contribution < -0.4 is 20.1 Å². The molecule has 10 heteroatoms. The Morgan fingerprint density at radius 3 is 2.36 bits per heavy atom. The molecule has 2 aliphatic heterocycles. The van der Waals surface area contributed by atoms with Crippen molar-refractivity contribution in [1.29, 1.82) is 0 Å². The van der Waals surface area contributed by atoms with Gasteiger partial charge in [-0.15, -0.1) is 0 Å². The number of fused-ring (bicyclic) bond motifs is 1. The molecule has 5 rings (SSSR count). The number of piperidine rings is 1. The second-order valence-corrected chi connectivity index (χ2v) is 12.6. The largest absolute Gasteiger partial charge is 0.494 e. The Bertz CT molecular complexity index is 1480. The van der Waals surface area contributed by atoms with E-state index in [0.29, 0.717) is 56.1 Å². The fourth-order valence-corrected chi connectivity index (χ4v) is 6.66. The van der Waals surface area contributed by atoms with Gasteiger partial charge < -0.3 is 20.3 Å². The van der Waals surface area contributed by atoms with Crippen molar-refractivity contribution in [3.8, 4) is 5.75 Å². The van der Waals surface area contributed by atoms with Gasteiger partial charge in [0.15, 0.2) is 0 Å². The van der Waals surface area contributed by atoms with E-state index in [4.69, 9.17) is 10.5 Å². The Hall–Kier alpha value is -3.89. The molecule has 2 heterocycles. The van der Waals surface area contributed by atoms with Crippen molar-refractivity contribution in [1.82, 2.24) is 9.62 Å². The summed E-state index contributed by atoms with van der Waals surface area (Å²) in [6.45, 7) is 2.08. The molecule has 222 valence electrons. The van der Waals surface area contributed by atoms with Gasteiger partial charge in [0.25, 0.3) is 5.91 Å². The minimum Gasteiger partial charge on any atom is -0.494 e. The lowest BCUT2D eigenvalue weighted by Gasteiger charge is -2.41. The van der Waals surface area contributed by atoms with E-state index in [1.54, 1.807) is 24.3 Å². The van der Waals surface area contributed by atoms with Gasteiger partial charge in [0.1, 0.15) is 5.75 Å². The summed E-state index contributed by atoms with van der Waals surface area (Å²) in [5.74, 6) is 0.858. The van der Waals surface area contributed by atoms with E-state index in [1.165, 1.54) is 17.7 Å². The zero-order chi connectivity index (χ0) is 29.5. The zero-order valence-electron chi connectivity index (χ0n) is 23.7. The first-order valence-electron chi connectivity index (χ1n) is 14.6. The molecule has 0 radical (unpaired) electrons. The van der Waals surface area contributed by atoms with Crippen molar-refractivity contribution in [2.75, 3.05) is 36.9 Å².